The Hall–Kier alpha value is -2.69. The first-order valence-corrected chi connectivity index (χ1v) is 8.42. The van der Waals surface area contributed by atoms with Gasteiger partial charge < -0.3 is 19.5 Å². The lowest BCUT2D eigenvalue weighted by Crippen LogP contribution is -2.32. The van der Waals surface area contributed by atoms with Crippen molar-refractivity contribution in [3.63, 3.8) is 0 Å². The molecule has 0 bridgehead atoms. The molecule has 5 nitrogen and oxygen atoms in total. The van der Waals surface area contributed by atoms with Gasteiger partial charge in [0.15, 0.2) is 0 Å². The molecule has 25 heavy (non-hydrogen) atoms. The van der Waals surface area contributed by atoms with Crippen LogP contribution in [0.15, 0.2) is 42.5 Å². The van der Waals surface area contributed by atoms with Gasteiger partial charge in [-0.2, -0.15) is 0 Å². The number of carbonyl (C=O) groups excluding carboxylic acids is 1. The predicted molar refractivity (Wildman–Crippen MR) is 95.3 cm³/mol. The van der Waals surface area contributed by atoms with Gasteiger partial charge in [-0.05, 0) is 30.2 Å². The summed E-state index contributed by atoms with van der Waals surface area (Å²) in [5.74, 6) is 2.35. The first-order chi connectivity index (χ1) is 12.2. The van der Waals surface area contributed by atoms with Gasteiger partial charge >= 0.3 is 0 Å². The summed E-state index contributed by atoms with van der Waals surface area (Å²) in [7, 11) is 3.24. The van der Waals surface area contributed by atoms with E-state index < -0.39 is 0 Å². The largest absolute Gasteiger partial charge is 0.497 e. The average molecular weight is 341 g/mol. The normalized spacial score (nSPS) is 15.7. The summed E-state index contributed by atoms with van der Waals surface area (Å²) < 4.78 is 16.2. The highest BCUT2D eigenvalue weighted by molar-refractivity contribution is 5.77. The Morgan fingerprint density at radius 3 is 2.60 bits per heavy atom. The van der Waals surface area contributed by atoms with E-state index in [-0.39, 0.29) is 11.9 Å². The van der Waals surface area contributed by atoms with Crippen molar-refractivity contribution in [2.75, 3.05) is 20.8 Å². The van der Waals surface area contributed by atoms with E-state index >= 15 is 0 Å². The van der Waals surface area contributed by atoms with Gasteiger partial charge in [-0.1, -0.05) is 18.2 Å². The number of amides is 1. The van der Waals surface area contributed by atoms with Crippen LogP contribution in [0.4, 0.5) is 0 Å². The quantitative estimate of drug-likeness (QED) is 0.876. The van der Waals surface area contributed by atoms with Gasteiger partial charge in [0.2, 0.25) is 5.91 Å². The fourth-order valence-electron chi connectivity index (χ4n) is 3.03. The molecule has 0 aliphatic carbocycles. The number of carbonyl (C=O) groups is 1. The summed E-state index contributed by atoms with van der Waals surface area (Å²) in [6.45, 7) is 0.620. The lowest BCUT2D eigenvalue weighted by atomic mass is 10.00. The molecule has 1 aliphatic heterocycles. The van der Waals surface area contributed by atoms with Crippen LogP contribution < -0.4 is 19.5 Å². The summed E-state index contributed by atoms with van der Waals surface area (Å²) in [6.07, 6.45) is 1.83. The van der Waals surface area contributed by atoms with Crippen LogP contribution in [-0.2, 0) is 11.2 Å². The van der Waals surface area contributed by atoms with Crippen LogP contribution in [0.3, 0.4) is 0 Å². The second-order valence-electron chi connectivity index (χ2n) is 6.02. The molecule has 1 amide bonds. The smallest absolute Gasteiger partial charge is 0.220 e. The molecule has 2 aromatic rings. The van der Waals surface area contributed by atoms with Crippen molar-refractivity contribution >= 4 is 5.91 Å². The van der Waals surface area contributed by atoms with Crippen molar-refractivity contribution in [3.8, 4) is 17.2 Å². The molecule has 0 saturated carbocycles. The minimum absolute atomic E-state index is 0.0114. The van der Waals surface area contributed by atoms with Gasteiger partial charge in [-0.25, -0.2) is 0 Å². The lowest BCUT2D eigenvalue weighted by Gasteiger charge is -2.26. The van der Waals surface area contributed by atoms with Gasteiger partial charge in [-0.15, -0.1) is 0 Å². The monoisotopic (exact) mass is 341 g/mol. The van der Waals surface area contributed by atoms with Gasteiger partial charge in [0.05, 0.1) is 26.9 Å². The van der Waals surface area contributed by atoms with E-state index in [4.69, 9.17) is 14.2 Å². The van der Waals surface area contributed by atoms with Crippen LogP contribution in [-0.4, -0.2) is 26.7 Å². The minimum Gasteiger partial charge on any atom is -0.497 e. The van der Waals surface area contributed by atoms with E-state index in [0.717, 1.165) is 34.8 Å². The van der Waals surface area contributed by atoms with Gasteiger partial charge in [0, 0.05) is 24.5 Å². The Balaban J connectivity index is 1.61. The molecule has 1 N–H and O–H groups in total. The number of ether oxygens (including phenoxy) is 3. The molecule has 132 valence electrons. The van der Waals surface area contributed by atoms with Gasteiger partial charge in [-0.3, -0.25) is 4.79 Å². The van der Waals surface area contributed by atoms with E-state index in [1.807, 2.05) is 42.5 Å². The second-order valence-corrected chi connectivity index (χ2v) is 6.02. The van der Waals surface area contributed by atoms with E-state index in [0.29, 0.717) is 19.4 Å². The topological polar surface area (TPSA) is 56.8 Å². The molecule has 1 atom stereocenters. The van der Waals surface area contributed by atoms with Crippen LogP contribution in [0.5, 0.6) is 17.2 Å². The molecule has 1 unspecified atom stereocenters. The van der Waals surface area contributed by atoms with Crippen molar-refractivity contribution in [2.24, 2.45) is 0 Å². The van der Waals surface area contributed by atoms with Gasteiger partial charge in [0.1, 0.15) is 17.2 Å². The molecule has 1 heterocycles. The maximum atomic E-state index is 12.4. The summed E-state index contributed by atoms with van der Waals surface area (Å²) in [5, 5.41) is 3.12. The van der Waals surface area contributed by atoms with Crippen LogP contribution in [0, 0.1) is 0 Å². The van der Waals surface area contributed by atoms with E-state index in [9.17, 15) is 4.79 Å². The van der Waals surface area contributed by atoms with Gasteiger partial charge in [0.25, 0.3) is 0 Å². The molecular formula is C20H23NO4. The molecule has 1 aliphatic rings. The van der Waals surface area contributed by atoms with Crippen LogP contribution in [0.1, 0.15) is 30.0 Å². The van der Waals surface area contributed by atoms with Crippen LogP contribution in [0.25, 0.3) is 0 Å². The summed E-state index contributed by atoms with van der Waals surface area (Å²) >= 11 is 0. The molecule has 3 rings (SSSR count). The Bertz CT molecular complexity index is 722. The zero-order valence-electron chi connectivity index (χ0n) is 14.6. The molecule has 5 heteroatoms. The Kier molecular flexibility index (Phi) is 5.43. The predicted octanol–water partition coefficient (Wildman–Crippen LogP) is 3.28. The second kappa shape index (κ2) is 7.92. The lowest BCUT2D eigenvalue weighted by molar-refractivity contribution is -0.122. The van der Waals surface area contributed by atoms with Crippen molar-refractivity contribution in [1.29, 1.82) is 0 Å². The number of methoxy groups -OCH3 is 2. The van der Waals surface area contributed by atoms with Crippen LogP contribution >= 0.6 is 0 Å². The molecule has 0 fully saturated rings. The SMILES string of the molecule is COc1cc(CCC(=O)NC2CCOc3ccccc32)cc(OC)c1. The third kappa shape index (κ3) is 4.24. The number of hydrogen-bond acceptors (Lipinski definition) is 4. The zero-order valence-corrected chi connectivity index (χ0v) is 14.6. The summed E-state index contributed by atoms with van der Waals surface area (Å²) in [5.41, 5.74) is 2.06. The third-order valence-corrected chi connectivity index (χ3v) is 4.35. The van der Waals surface area contributed by atoms with Crippen LogP contribution in [0.2, 0.25) is 0 Å². The zero-order chi connectivity index (χ0) is 17.6. The number of aryl methyl sites for hydroxylation is 1. The maximum absolute atomic E-state index is 12.4. The number of para-hydroxylation sites is 1. The minimum atomic E-state index is 0.0114. The highest BCUT2D eigenvalue weighted by Crippen LogP contribution is 2.31. The summed E-state index contributed by atoms with van der Waals surface area (Å²) in [4.78, 5) is 12.4. The average Bonchev–Trinajstić information content (AvgIpc) is 2.66. The number of hydrogen-bond donors (Lipinski definition) is 1. The third-order valence-electron chi connectivity index (χ3n) is 4.35. The molecule has 0 aromatic heterocycles. The first kappa shape index (κ1) is 17.1. The molecular weight excluding hydrogens is 318 g/mol. The summed E-state index contributed by atoms with van der Waals surface area (Å²) in [6, 6.07) is 13.6. The highest BCUT2D eigenvalue weighted by Gasteiger charge is 2.22. The first-order valence-electron chi connectivity index (χ1n) is 8.42. The number of rotatable bonds is 6. The van der Waals surface area contributed by atoms with E-state index in [1.54, 1.807) is 14.2 Å². The maximum Gasteiger partial charge on any atom is 0.220 e. The highest BCUT2D eigenvalue weighted by atomic mass is 16.5. The fraction of sp³-hybridized carbons (Fsp3) is 0.350. The van der Waals surface area contributed by atoms with Crippen molar-refractivity contribution in [1.82, 2.24) is 5.32 Å². The Morgan fingerprint density at radius 2 is 1.88 bits per heavy atom. The number of benzene rings is 2. The van der Waals surface area contributed by atoms with E-state index in [2.05, 4.69) is 5.32 Å². The fourth-order valence-corrected chi connectivity index (χ4v) is 3.03. The molecule has 0 spiro atoms. The Labute approximate surface area is 147 Å². The Morgan fingerprint density at radius 1 is 1.16 bits per heavy atom. The number of nitrogens with one attached hydrogen (secondary N) is 1. The standard InChI is InChI=1S/C20H23NO4/c1-23-15-11-14(12-16(13-15)24-2)7-8-20(22)21-18-9-10-25-19-6-4-3-5-17(18)19/h3-6,11-13,18H,7-10H2,1-2H3,(H,21,22). The number of fused-ring (bicyclic) bond motifs is 1. The molecule has 0 radical (unpaired) electrons. The van der Waals surface area contributed by atoms with E-state index in [1.165, 1.54) is 0 Å². The molecule has 2 aromatic carbocycles. The van der Waals surface area contributed by atoms with Crippen molar-refractivity contribution < 1.29 is 19.0 Å². The van der Waals surface area contributed by atoms with Crippen molar-refractivity contribution in [2.45, 2.75) is 25.3 Å². The molecule has 0 saturated heterocycles. The van der Waals surface area contributed by atoms with Crippen molar-refractivity contribution in [3.05, 3.63) is 53.6 Å².